The highest BCUT2D eigenvalue weighted by Crippen LogP contribution is 2.31. The fraction of sp³-hybridized carbons (Fsp3) is 0.179. The highest BCUT2D eigenvalue weighted by Gasteiger charge is 2.27. The molecule has 2 heterocycles. The van der Waals surface area contributed by atoms with E-state index in [2.05, 4.69) is 10.3 Å². The van der Waals surface area contributed by atoms with Crippen molar-refractivity contribution in [2.45, 2.75) is 25.0 Å². The number of nitrogens with one attached hydrogen (secondary N) is 2. The largest absolute Gasteiger partial charge is 0.484 e. The van der Waals surface area contributed by atoms with Crippen LogP contribution in [0.4, 0.5) is 0 Å². The van der Waals surface area contributed by atoms with Crippen molar-refractivity contribution in [3.63, 3.8) is 0 Å². The van der Waals surface area contributed by atoms with Gasteiger partial charge in [-0.05, 0) is 41.0 Å². The number of esters is 1. The van der Waals surface area contributed by atoms with E-state index >= 15 is 0 Å². The second kappa shape index (κ2) is 9.95. The molecule has 0 saturated heterocycles. The quantitative estimate of drug-likeness (QED) is 0.328. The Morgan fingerprint density at radius 3 is 2.61 bits per heavy atom. The number of aliphatic carboxylic acids is 1. The zero-order valence-corrected chi connectivity index (χ0v) is 19.3. The van der Waals surface area contributed by atoms with Crippen LogP contribution in [0.25, 0.3) is 10.9 Å². The van der Waals surface area contributed by atoms with Crippen LogP contribution in [0.5, 0.6) is 5.75 Å². The van der Waals surface area contributed by atoms with Crippen LogP contribution in [0.1, 0.15) is 33.2 Å². The number of carboxylic acid groups (broad SMARTS) is 1. The van der Waals surface area contributed by atoms with Gasteiger partial charge in [0.15, 0.2) is 6.61 Å². The van der Waals surface area contributed by atoms with Gasteiger partial charge in [-0.1, -0.05) is 48.5 Å². The van der Waals surface area contributed by atoms with Crippen molar-refractivity contribution < 1.29 is 29.0 Å². The fourth-order valence-corrected chi connectivity index (χ4v) is 4.40. The molecule has 0 radical (unpaired) electrons. The standard InChI is InChI=1S/C28H24N2O6/c31-26(30-24(27(32)33)13-19-15-29-23-8-4-3-6-21(19)23)16-35-20-11-9-17(10-12-20)25-14-18-5-1-2-7-22(18)28(34)36-25/h1-12,15,24-25,29H,13-14,16H2,(H,30,31)(H,32,33)/t24-,25-/m1/s1. The molecule has 3 aromatic carbocycles. The van der Waals surface area contributed by atoms with E-state index in [1.807, 2.05) is 42.5 Å². The summed E-state index contributed by atoms with van der Waals surface area (Å²) in [4.78, 5) is 39.6. The minimum Gasteiger partial charge on any atom is -0.484 e. The minimum atomic E-state index is -1.12. The van der Waals surface area contributed by atoms with Gasteiger partial charge in [-0.25, -0.2) is 9.59 Å². The predicted octanol–water partition coefficient (Wildman–Crippen LogP) is 3.81. The topological polar surface area (TPSA) is 118 Å². The monoisotopic (exact) mass is 484 g/mol. The zero-order chi connectivity index (χ0) is 25.1. The smallest absolute Gasteiger partial charge is 0.339 e. The third-order valence-electron chi connectivity index (χ3n) is 6.25. The molecule has 8 nitrogen and oxygen atoms in total. The summed E-state index contributed by atoms with van der Waals surface area (Å²) in [5, 5.41) is 13.1. The van der Waals surface area contributed by atoms with Gasteiger partial charge in [-0.2, -0.15) is 0 Å². The maximum absolute atomic E-state index is 12.4. The molecule has 0 spiro atoms. The summed E-state index contributed by atoms with van der Waals surface area (Å²) in [6.07, 6.45) is 2.08. The summed E-state index contributed by atoms with van der Waals surface area (Å²) in [5.74, 6) is -1.56. The lowest BCUT2D eigenvalue weighted by Gasteiger charge is -2.25. The number of ether oxygens (including phenoxy) is 2. The Hall–Kier alpha value is -4.59. The van der Waals surface area contributed by atoms with Gasteiger partial charge >= 0.3 is 11.9 Å². The van der Waals surface area contributed by atoms with Gasteiger partial charge in [0.05, 0.1) is 5.56 Å². The molecule has 2 atom stereocenters. The van der Waals surface area contributed by atoms with E-state index in [0.717, 1.165) is 27.6 Å². The van der Waals surface area contributed by atoms with Crippen molar-refractivity contribution in [3.05, 3.63) is 101 Å². The molecule has 0 bridgehead atoms. The number of aromatic nitrogens is 1. The summed E-state index contributed by atoms with van der Waals surface area (Å²) in [5.41, 5.74) is 4.06. The van der Waals surface area contributed by atoms with E-state index in [0.29, 0.717) is 17.7 Å². The molecule has 36 heavy (non-hydrogen) atoms. The normalized spacial score (nSPS) is 15.6. The number of amides is 1. The number of cyclic esters (lactones) is 1. The average molecular weight is 485 g/mol. The van der Waals surface area contributed by atoms with Crippen LogP contribution >= 0.6 is 0 Å². The van der Waals surface area contributed by atoms with E-state index < -0.39 is 24.0 Å². The molecule has 3 N–H and O–H groups in total. The summed E-state index contributed by atoms with van der Waals surface area (Å²) >= 11 is 0. The Morgan fingerprint density at radius 1 is 1.06 bits per heavy atom. The summed E-state index contributed by atoms with van der Waals surface area (Å²) in [6.45, 7) is -0.331. The maximum atomic E-state index is 12.4. The Balaban J connectivity index is 1.17. The highest BCUT2D eigenvalue weighted by molar-refractivity contribution is 5.92. The summed E-state index contributed by atoms with van der Waals surface area (Å²) < 4.78 is 11.1. The average Bonchev–Trinajstić information content (AvgIpc) is 3.30. The zero-order valence-electron chi connectivity index (χ0n) is 19.3. The molecule has 0 unspecified atom stereocenters. The Morgan fingerprint density at radius 2 is 1.81 bits per heavy atom. The Bertz CT molecular complexity index is 1430. The molecule has 0 saturated carbocycles. The van der Waals surface area contributed by atoms with Crippen molar-refractivity contribution in [1.29, 1.82) is 0 Å². The van der Waals surface area contributed by atoms with E-state index in [9.17, 15) is 19.5 Å². The lowest BCUT2D eigenvalue weighted by atomic mass is 9.95. The van der Waals surface area contributed by atoms with Gasteiger partial charge in [0.2, 0.25) is 0 Å². The van der Waals surface area contributed by atoms with Crippen LogP contribution in [-0.4, -0.2) is 40.6 Å². The van der Waals surface area contributed by atoms with E-state index in [4.69, 9.17) is 9.47 Å². The first-order valence-electron chi connectivity index (χ1n) is 11.6. The van der Waals surface area contributed by atoms with Gasteiger partial charge in [0, 0.05) is 29.9 Å². The van der Waals surface area contributed by atoms with Gasteiger partial charge in [0.1, 0.15) is 17.9 Å². The van der Waals surface area contributed by atoms with E-state index in [1.54, 1.807) is 36.5 Å². The minimum absolute atomic E-state index is 0.142. The van der Waals surface area contributed by atoms with Crippen molar-refractivity contribution in [3.8, 4) is 5.75 Å². The molecule has 182 valence electrons. The van der Waals surface area contributed by atoms with Crippen LogP contribution in [0.2, 0.25) is 0 Å². The Kier molecular flexibility index (Phi) is 6.40. The van der Waals surface area contributed by atoms with Gasteiger partial charge in [-0.15, -0.1) is 0 Å². The first-order chi connectivity index (χ1) is 17.5. The first-order valence-corrected chi connectivity index (χ1v) is 11.6. The van der Waals surface area contributed by atoms with Crippen LogP contribution in [-0.2, 0) is 27.2 Å². The molecule has 1 aromatic heterocycles. The molecule has 0 aliphatic carbocycles. The molecular formula is C28H24N2O6. The second-order valence-electron chi connectivity index (χ2n) is 8.63. The SMILES string of the molecule is O=C(COc1ccc([C@H]2Cc3ccccc3C(=O)O2)cc1)N[C@H](Cc1c[nH]c2ccccc12)C(=O)O. The molecule has 4 aromatic rings. The van der Waals surface area contributed by atoms with Crippen molar-refractivity contribution in [2.75, 3.05) is 6.61 Å². The lowest BCUT2D eigenvalue weighted by molar-refractivity contribution is -0.142. The molecular weight excluding hydrogens is 460 g/mol. The highest BCUT2D eigenvalue weighted by atomic mass is 16.5. The van der Waals surface area contributed by atoms with Gasteiger partial charge < -0.3 is 24.9 Å². The molecule has 0 fully saturated rings. The molecule has 5 rings (SSSR count). The molecule has 1 aliphatic heterocycles. The number of carbonyl (C=O) groups is 3. The number of para-hydroxylation sites is 1. The molecule has 8 heteroatoms. The number of rotatable bonds is 8. The maximum Gasteiger partial charge on any atom is 0.339 e. The lowest BCUT2D eigenvalue weighted by Crippen LogP contribution is -2.44. The second-order valence-corrected chi connectivity index (χ2v) is 8.63. The van der Waals surface area contributed by atoms with Crippen molar-refractivity contribution >= 4 is 28.7 Å². The van der Waals surface area contributed by atoms with E-state index in [1.165, 1.54) is 0 Å². The van der Waals surface area contributed by atoms with Crippen LogP contribution in [0.3, 0.4) is 0 Å². The number of aromatic amines is 1. The predicted molar refractivity (Wildman–Crippen MR) is 132 cm³/mol. The number of carboxylic acids is 1. The van der Waals surface area contributed by atoms with E-state index in [-0.39, 0.29) is 19.0 Å². The third kappa shape index (κ3) is 4.93. The number of fused-ring (bicyclic) bond motifs is 2. The third-order valence-corrected chi connectivity index (χ3v) is 6.25. The number of hydrogen-bond donors (Lipinski definition) is 3. The fourth-order valence-electron chi connectivity index (χ4n) is 4.40. The summed E-state index contributed by atoms with van der Waals surface area (Å²) in [7, 11) is 0. The number of hydrogen-bond acceptors (Lipinski definition) is 5. The van der Waals surface area contributed by atoms with Crippen LogP contribution in [0.15, 0.2) is 79.0 Å². The van der Waals surface area contributed by atoms with Crippen LogP contribution in [0, 0.1) is 0 Å². The van der Waals surface area contributed by atoms with Crippen molar-refractivity contribution in [1.82, 2.24) is 10.3 Å². The van der Waals surface area contributed by atoms with Crippen molar-refractivity contribution in [2.24, 2.45) is 0 Å². The number of carbonyl (C=O) groups excluding carboxylic acids is 2. The first kappa shape index (κ1) is 23.2. The summed E-state index contributed by atoms with van der Waals surface area (Å²) in [6, 6.07) is 20.8. The molecule has 1 amide bonds. The van der Waals surface area contributed by atoms with Crippen LogP contribution < -0.4 is 10.1 Å². The van der Waals surface area contributed by atoms with Gasteiger partial charge in [0.25, 0.3) is 5.91 Å². The molecule has 1 aliphatic rings. The Labute approximate surface area is 206 Å². The number of H-pyrrole nitrogens is 1. The number of benzene rings is 3. The van der Waals surface area contributed by atoms with Gasteiger partial charge in [-0.3, -0.25) is 4.79 Å².